The van der Waals surface area contributed by atoms with Gasteiger partial charge < -0.3 is 29.4 Å². The number of H-pyrrole nitrogens is 2. The van der Waals surface area contributed by atoms with E-state index in [0.29, 0.717) is 35.7 Å². The second-order valence-electron chi connectivity index (χ2n) is 15.2. The van der Waals surface area contributed by atoms with Gasteiger partial charge in [0.15, 0.2) is 5.75 Å². The number of aromatic hydroxyl groups is 1. The largest absolute Gasteiger partial charge is 0.524 e. The highest BCUT2D eigenvalue weighted by molar-refractivity contribution is 7.46. The summed E-state index contributed by atoms with van der Waals surface area (Å²) in [5.74, 6) is 1.73. The lowest BCUT2D eigenvalue weighted by Gasteiger charge is -3.09. The summed E-state index contributed by atoms with van der Waals surface area (Å²) in [5.41, 5.74) is 5.35. The molecular weight excluding hydrogens is 678 g/mol. The molecule has 6 saturated carbocycles. The quantitative estimate of drug-likeness (QED) is 0.136. The molecule has 11 nitrogen and oxygen atoms in total. The van der Waals surface area contributed by atoms with Crippen molar-refractivity contribution in [1.29, 1.82) is 0 Å². The summed E-state index contributed by atoms with van der Waals surface area (Å²) in [7, 11) is -4.88. The summed E-state index contributed by atoms with van der Waals surface area (Å²) in [6.07, 6.45) is 3.64. The Bertz CT molecular complexity index is 2240. The number of phenols is 1. The van der Waals surface area contributed by atoms with Gasteiger partial charge in [-0.05, 0) is 71.6 Å². The second-order valence-corrected chi connectivity index (χ2v) is 17.0. The molecule has 14 heteroatoms. The summed E-state index contributed by atoms with van der Waals surface area (Å²) in [6.45, 7) is 4.76. The molecule has 2 amide bonds. The maximum absolute atomic E-state index is 14.7. The maximum Gasteiger partial charge on any atom is 0.524 e. The number of carbonyl (C=O) groups excluding carboxylic acids is 2. The Labute approximate surface area is 283 Å². The minimum absolute atomic E-state index is 0.00337. The van der Waals surface area contributed by atoms with Gasteiger partial charge in [0.2, 0.25) is 11.8 Å². The average molecular weight is 710 g/mol. The van der Waals surface area contributed by atoms with Crippen molar-refractivity contribution < 1.29 is 33.6 Å². The standard InChI is InChI=1S/C34H31Cl2N4O7P/c1-11-7-37-29-17(41)3-15-21(19(11)29)13(5-35)9-39(15)31(42)33-23-26-24(33)28-25(33)27(23)34(26,28)32(43)40-10-14(6-36)22-16(40)4-18(47-48(44,45)46)30-20(22)12(2)8-38-30/h3-4,7-8,13-14,23-28,37-38,41H,5-6,9-10H2,1-2H3,(H2,44,45,46)/t13-,14-,23?,24?,25?,26?,27?,28?,33?,34?/m1/s1. The molecule has 0 bridgehead atoms. The molecule has 12 rings (SSSR count). The van der Waals surface area contributed by atoms with Gasteiger partial charge in [-0.3, -0.25) is 19.4 Å². The van der Waals surface area contributed by atoms with Crippen LogP contribution in [0.1, 0.15) is 34.1 Å². The molecule has 2 aromatic carbocycles. The number of amides is 2. The molecule has 8 aliphatic rings. The third-order valence-electron chi connectivity index (χ3n) is 13.9. The van der Waals surface area contributed by atoms with Crippen molar-refractivity contribution in [1.82, 2.24) is 9.97 Å². The molecule has 2 aliphatic heterocycles. The Balaban J connectivity index is 0.927. The fraction of sp³-hybridized carbons (Fsp3) is 0.471. The van der Waals surface area contributed by atoms with E-state index in [1.807, 2.05) is 24.9 Å². The first kappa shape index (κ1) is 28.6. The van der Waals surface area contributed by atoms with Crippen LogP contribution in [0.2, 0.25) is 0 Å². The number of hydrogen-bond acceptors (Lipinski definition) is 5. The molecular formula is C34H31Cl2N4O7P. The van der Waals surface area contributed by atoms with Gasteiger partial charge in [-0.15, -0.1) is 23.2 Å². The van der Waals surface area contributed by atoms with Crippen LogP contribution < -0.4 is 14.3 Å². The highest BCUT2D eigenvalue weighted by atomic mass is 35.5. The van der Waals surface area contributed by atoms with Gasteiger partial charge >= 0.3 is 7.82 Å². The monoisotopic (exact) mass is 708 g/mol. The number of phosphoric acid groups is 1. The lowest BCUT2D eigenvalue weighted by Crippen LogP contribution is -3.12. The van der Waals surface area contributed by atoms with Crippen LogP contribution in [0.4, 0.5) is 11.4 Å². The molecule has 248 valence electrons. The Morgan fingerprint density at radius 3 is 1.73 bits per heavy atom. The third kappa shape index (κ3) is 2.65. The van der Waals surface area contributed by atoms with Crippen molar-refractivity contribution in [3.05, 3.63) is 46.8 Å². The number of fused-ring (bicyclic) bond motifs is 6. The molecule has 0 saturated heterocycles. The number of phenolic OH excluding ortho intramolecular Hbond substituents is 1. The van der Waals surface area contributed by atoms with Crippen LogP contribution in [0, 0.1) is 60.2 Å². The molecule has 6 fully saturated rings. The average Bonchev–Trinajstić information content (AvgIpc) is 3.82. The smallest absolute Gasteiger partial charge is 0.506 e. The first-order valence-electron chi connectivity index (χ1n) is 16.4. The molecule has 6 aliphatic carbocycles. The summed E-state index contributed by atoms with van der Waals surface area (Å²) < 4.78 is 17.0. The SMILES string of the molecule is Cc1c[nH]c2c(O)cc3c(c12)[C@H](CCl)CN3C(=O)C12C3C4C1C1C2C3C41C(=O)N1C[C@@H](CCl)c2c1cc(OP(=O)(O)O)c1[nH]cc(C)c21. The molecule has 2 aromatic heterocycles. The number of benzene rings is 2. The zero-order valence-electron chi connectivity index (χ0n) is 25.8. The Morgan fingerprint density at radius 1 is 0.833 bits per heavy atom. The summed E-state index contributed by atoms with van der Waals surface area (Å²) in [5, 5.41) is 12.6. The van der Waals surface area contributed by atoms with Crippen LogP contribution in [0.5, 0.6) is 11.5 Å². The molecule has 48 heavy (non-hydrogen) atoms. The number of rotatable bonds is 6. The van der Waals surface area contributed by atoms with Crippen molar-refractivity contribution in [2.75, 3.05) is 34.6 Å². The van der Waals surface area contributed by atoms with Crippen molar-refractivity contribution >= 4 is 76.0 Å². The van der Waals surface area contributed by atoms with E-state index >= 15 is 0 Å². The van der Waals surface area contributed by atoms with Gasteiger partial charge in [-0.2, -0.15) is 0 Å². The minimum Gasteiger partial charge on any atom is -0.506 e. The van der Waals surface area contributed by atoms with E-state index < -0.39 is 18.7 Å². The Hall–Kier alpha value is -3.21. The highest BCUT2D eigenvalue weighted by Gasteiger charge is 3.13. The number of halogens is 2. The van der Waals surface area contributed by atoms with E-state index in [2.05, 4.69) is 9.97 Å². The molecule has 4 aromatic rings. The number of nitrogens with zero attached hydrogens (tertiary/aromatic N) is 2. The van der Waals surface area contributed by atoms with Crippen molar-refractivity contribution in [3.8, 4) is 11.5 Å². The summed E-state index contributed by atoms with van der Waals surface area (Å²) in [6, 6.07) is 3.27. The number of anilines is 2. The number of aromatic nitrogens is 2. The summed E-state index contributed by atoms with van der Waals surface area (Å²) in [4.78, 5) is 58.5. The number of aryl methyl sites for hydroxylation is 2. The number of carbonyl (C=O) groups is 2. The zero-order valence-corrected chi connectivity index (χ0v) is 28.2. The fourth-order valence-corrected chi connectivity index (χ4v) is 13.6. The number of alkyl halides is 2. The predicted octanol–water partition coefficient (Wildman–Crippen LogP) is 5.22. The fourth-order valence-electron chi connectivity index (χ4n) is 12.7. The third-order valence-corrected chi connectivity index (χ3v) is 15.1. The Kier molecular flexibility index (Phi) is 5.00. The van der Waals surface area contributed by atoms with E-state index in [1.54, 1.807) is 23.2 Å². The first-order chi connectivity index (χ1) is 22.9. The van der Waals surface area contributed by atoms with Crippen LogP contribution in [0.3, 0.4) is 0 Å². The number of nitrogens with one attached hydrogen (secondary N) is 2. The number of phosphoric ester groups is 1. The topological polar surface area (TPSA) is 159 Å². The van der Waals surface area contributed by atoms with E-state index in [1.165, 1.54) is 0 Å². The van der Waals surface area contributed by atoms with Crippen LogP contribution in [-0.4, -0.2) is 61.5 Å². The maximum atomic E-state index is 14.7. The normalized spacial score (nSPS) is 37.0. The molecule has 0 radical (unpaired) electrons. The van der Waals surface area contributed by atoms with E-state index in [0.717, 1.165) is 38.7 Å². The first-order valence-corrected chi connectivity index (χ1v) is 19.0. The summed E-state index contributed by atoms with van der Waals surface area (Å²) >= 11 is 13.0. The van der Waals surface area contributed by atoms with Gasteiger partial charge in [0.05, 0.1) is 33.2 Å². The van der Waals surface area contributed by atoms with Crippen molar-refractivity contribution in [2.24, 2.45) is 46.3 Å². The minimum atomic E-state index is -4.88. The van der Waals surface area contributed by atoms with Crippen LogP contribution >= 0.6 is 31.0 Å². The lowest BCUT2D eigenvalue weighted by atomic mass is 8.92. The van der Waals surface area contributed by atoms with E-state index in [9.17, 15) is 29.0 Å². The van der Waals surface area contributed by atoms with E-state index in [4.69, 9.17) is 27.7 Å². The zero-order chi connectivity index (χ0) is 33.1. The molecule has 4 heterocycles. The predicted molar refractivity (Wildman–Crippen MR) is 178 cm³/mol. The lowest BCUT2D eigenvalue weighted by molar-refractivity contribution is -0.623. The molecule has 5 N–H and O–H groups in total. The number of hydrogen-bond donors (Lipinski definition) is 5. The van der Waals surface area contributed by atoms with Gasteiger partial charge in [-0.25, -0.2) is 4.57 Å². The van der Waals surface area contributed by atoms with Crippen LogP contribution in [0.15, 0.2) is 24.5 Å². The number of aromatic amines is 2. The van der Waals surface area contributed by atoms with Gasteiger partial charge in [0.1, 0.15) is 5.75 Å². The van der Waals surface area contributed by atoms with E-state index in [-0.39, 0.29) is 76.5 Å². The van der Waals surface area contributed by atoms with Gasteiger partial charge in [0.25, 0.3) is 0 Å². The molecule has 0 spiro atoms. The second kappa shape index (κ2) is 8.38. The Morgan fingerprint density at radius 2 is 1.27 bits per heavy atom. The van der Waals surface area contributed by atoms with Crippen molar-refractivity contribution in [3.63, 3.8) is 0 Å². The van der Waals surface area contributed by atoms with Gasteiger partial charge in [0, 0.05) is 72.0 Å². The highest BCUT2D eigenvalue weighted by Crippen LogP contribution is 3.10. The van der Waals surface area contributed by atoms with Crippen LogP contribution in [0.25, 0.3) is 21.8 Å². The molecule has 2 atom stereocenters. The van der Waals surface area contributed by atoms with Gasteiger partial charge in [-0.1, -0.05) is 0 Å². The molecule has 0 unspecified atom stereocenters. The van der Waals surface area contributed by atoms with Crippen molar-refractivity contribution in [2.45, 2.75) is 25.7 Å². The van der Waals surface area contributed by atoms with Crippen LogP contribution in [-0.2, 0) is 14.2 Å².